The van der Waals surface area contributed by atoms with Crippen LogP contribution in [0.15, 0.2) is 18.2 Å². The number of carbonyl (C=O) groups excluding carboxylic acids is 1. The van der Waals surface area contributed by atoms with Gasteiger partial charge in [0.15, 0.2) is 0 Å². The number of rotatable bonds is 5. The van der Waals surface area contributed by atoms with E-state index in [0.717, 1.165) is 6.42 Å². The summed E-state index contributed by atoms with van der Waals surface area (Å²) in [6.45, 7) is 3.78. The molecule has 1 rings (SSSR count). The van der Waals surface area contributed by atoms with Crippen molar-refractivity contribution in [3.8, 4) is 5.75 Å². The molecule has 0 atom stereocenters. The normalized spacial score (nSPS) is 9.76. The van der Waals surface area contributed by atoms with Gasteiger partial charge >= 0.3 is 0 Å². The molecule has 92 valence electrons. The molecular weight excluding hydrogens is 224 g/mol. The first-order chi connectivity index (χ1) is 8.04. The SMILES string of the molecule is CCCOc1ccc([N+](=O)[O-])c(NC(C)=O)c1. The third-order valence-electron chi connectivity index (χ3n) is 1.95. The lowest BCUT2D eigenvalue weighted by molar-refractivity contribution is -0.383. The molecule has 0 radical (unpaired) electrons. The number of anilines is 1. The van der Waals surface area contributed by atoms with Gasteiger partial charge in [0, 0.05) is 19.1 Å². The molecule has 1 N–H and O–H groups in total. The maximum atomic E-state index is 10.9. The van der Waals surface area contributed by atoms with Crippen molar-refractivity contribution in [1.29, 1.82) is 0 Å². The highest BCUT2D eigenvalue weighted by atomic mass is 16.6. The summed E-state index contributed by atoms with van der Waals surface area (Å²) in [4.78, 5) is 21.1. The molecule has 0 aliphatic carbocycles. The van der Waals surface area contributed by atoms with Gasteiger partial charge in [-0.15, -0.1) is 0 Å². The minimum Gasteiger partial charge on any atom is -0.494 e. The van der Waals surface area contributed by atoms with Crippen molar-refractivity contribution in [3.63, 3.8) is 0 Å². The average Bonchev–Trinajstić information content (AvgIpc) is 2.25. The third-order valence-corrected chi connectivity index (χ3v) is 1.95. The van der Waals surface area contributed by atoms with E-state index in [-0.39, 0.29) is 17.3 Å². The van der Waals surface area contributed by atoms with Crippen LogP contribution < -0.4 is 10.1 Å². The Morgan fingerprint density at radius 3 is 2.76 bits per heavy atom. The van der Waals surface area contributed by atoms with E-state index < -0.39 is 4.92 Å². The molecule has 1 amide bonds. The third kappa shape index (κ3) is 3.75. The van der Waals surface area contributed by atoms with E-state index in [1.807, 2.05) is 6.92 Å². The van der Waals surface area contributed by atoms with Gasteiger partial charge in [-0.3, -0.25) is 14.9 Å². The molecule has 0 aliphatic heterocycles. The highest BCUT2D eigenvalue weighted by Crippen LogP contribution is 2.28. The highest BCUT2D eigenvalue weighted by Gasteiger charge is 2.15. The largest absolute Gasteiger partial charge is 0.494 e. The minimum absolute atomic E-state index is 0.149. The molecule has 1 aromatic carbocycles. The summed E-state index contributed by atoms with van der Waals surface area (Å²) in [5.74, 6) is 0.141. The fourth-order valence-corrected chi connectivity index (χ4v) is 1.27. The Balaban J connectivity index is 3.01. The van der Waals surface area contributed by atoms with Crippen LogP contribution in [0.25, 0.3) is 0 Å². The molecule has 17 heavy (non-hydrogen) atoms. The maximum Gasteiger partial charge on any atom is 0.293 e. The molecule has 1 aromatic rings. The van der Waals surface area contributed by atoms with Gasteiger partial charge in [0.25, 0.3) is 5.69 Å². The first-order valence-electron chi connectivity index (χ1n) is 5.23. The molecule has 6 nitrogen and oxygen atoms in total. The quantitative estimate of drug-likeness (QED) is 0.630. The predicted octanol–water partition coefficient (Wildman–Crippen LogP) is 2.34. The summed E-state index contributed by atoms with van der Waals surface area (Å²) in [6, 6.07) is 4.28. The van der Waals surface area contributed by atoms with Gasteiger partial charge in [-0.05, 0) is 12.5 Å². The van der Waals surface area contributed by atoms with Crippen LogP contribution in [0.5, 0.6) is 5.75 Å². The lowest BCUT2D eigenvalue weighted by Crippen LogP contribution is -2.08. The Bertz CT molecular complexity index is 431. The molecular formula is C11H14N2O4. The van der Waals surface area contributed by atoms with Gasteiger partial charge in [-0.25, -0.2) is 0 Å². The average molecular weight is 238 g/mol. The molecule has 0 aliphatic rings. The Morgan fingerprint density at radius 2 is 2.24 bits per heavy atom. The molecule has 0 unspecified atom stereocenters. The van der Waals surface area contributed by atoms with E-state index in [4.69, 9.17) is 4.74 Å². The van der Waals surface area contributed by atoms with Gasteiger partial charge in [0.1, 0.15) is 11.4 Å². The van der Waals surface area contributed by atoms with Crippen LogP contribution in [0.1, 0.15) is 20.3 Å². The predicted molar refractivity (Wildman–Crippen MR) is 63.2 cm³/mol. The van der Waals surface area contributed by atoms with Crippen LogP contribution in [0.2, 0.25) is 0 Å². The van der Waals surface area contributed by atoms with Crippen LogP contribution in [0.3, 0.4) is 0 Å². The minimum atomic E-state index is -0.547. The van der Waals surface area contributed by atoms with Crippen LogP contribution in [-0.4, -0.2) is 17.4 Å². The summed E-state index contributed by atoms with van der Waals surface area (Å²) in [6.07, 6.45) is 0.840. The second-order valence-corrected chi connectivity index (χ2v) is 3.47. The highest BCUT2D eigenvalue weighted by molar-refractivity contribution is 5.91. The topological polar surface area (TPSA) is 81.5 Å². The molecule has 0 aromatic heterocycles. The summed E-state index contributed by atoms with van der Waals surface area (Å²) in [5.41, 5.74) is 0.000140. The first-order valence-corrected chi connectivity index (χ1v) is 5.23. The lowest BCUT2D eigenvalue weighted by atomic mass is 10.2. The van der Waals surface area contributed by atoms with Crippen LogP contribution in [-0.2, 0) is 4.79 Å². The smallest absolute Gasteiger partial charge is 0.293 e. The van der Waals surface area contributed by atoms with Gasteiger partial charge in [0.05, 0.1) is 11.5 Å². The van der Waals surface area contributed by atoms with E-state index in [1.165, 1.54) is 25.1 Å². The molecule has 0 spiro atoms. The number of hydrogen-bond acceptors (Lipinski definition) is 4. The summed E-state index contributed by atoms with van der Waals surface area (Å²) in [5, 5.41) is 13.2. The first kappa shape index (κ1) is 13.0. The van der Waals surface area contributed by atoms with Gasteiger partial charge in [-0.2, -0.15) is 0 Å². The standard InChI is InChI=1S/C11H14N2O4/c1-3-6-17-9-4-5-11(13(15)16)10(7-9)12-8(2)14/h4-5,7H,3,6H2,1-2H3,(H,12,14). The molecule has 0 bridgehead atoms. The Morgan fingerprint density at radius 1 is 1.53 bits per heavy atom. The summed E-state index contributed by atoms with van der Waals surface area (Å²) in [7, 11) is 0. The van der Waals surface area contributed by atoms with Crippen LogP contribution in [0, 0.1) is 10.1 Å². The number of nitrogens with one attached hydrogen (secondary N) is 1. The van der Waals surface area contributed by atoms with E-state index in [2.05, 4.69) is 5.32 Å². The van der Waals surface area contributed by atoms with Crippen molar-refractivity contribution >= 4 is 17.3 Å². The summed E-state index contributed by atoms with van der Waals surface area (Å²) < 4.78 is 5.34. The Hall–Kier alpha value is -2.11. The molecule has 0 saturated carbocycles. The number of nitro groups is 1. The van der Waals surface area contributed by atoms with Crippen molar-refractivity contribution in [2.75, 3.05) is 11.9 Å². The molecule has 0 fully saturated rings. The monoisotopic (exact) mass is 238 g/mol. The van der Waals surface area contributed by atoms with E-state index in [9.17, 15) is 14.9 Å². The molecule has 0 saturated heterocycles. The number of amides is 1. The molecule has 0 heterocycles. The van der Waals surface area contributed by atoms with Crippen molar-refractivity contribution in [2.24, 2.45) is 0 Å². The number of carbonyl (C=O) groups is 1. The second kappa shape index (κ2) is 5.83. The Kier molecular flexibility index (Phi) is 4.45. The van der Waals surface area contributed by atoms with Crippen molar-refractivity contribution in [3.05, 3.63) is 28.3 Å². The van der Waals surface area contributed by atoms with E-state index >= 15 is 0 Å². The zero-order valence-electron chi connectivity index (χ0n) is 9.73. The number of hydrogen-bond donors (Lipinski definition) is 1. The van der Waals surface area contributed by atoms with Gasteiger partial charge < -0.3 is 10.1 Å². The Labute approximate surface area is 98.7 Å². The van der Waals surface area contributed by atoms with Crippen molar-refractivity contribution in [1.82, 2.24) is 0 Å². The lowest BCUT2D eigenvalue weighted by Gasteiger charge is -2.08. The van der Waals surface area contributed by atoms with Gasteiger partial charge in [0.2, 0.25) is 5.91 Å². The second-order valence-electron chi connectivity index (χ2n) is 3.47. The number of nitrogens with zero attached hydrogens (tertiary/aromatic N) is 1. The molecule has 6 heteroatoms. The summed E-state index contributed by atoms with van der Waals surface area (Å²) >= 11 is 0. The van der Waals surface area contributed by atoms with Crippen LogP contribution in [0.4, 0.5) is 11.4 Å². The number of ether oxygens (including phenoxy) is 1. The zero-order chi connectivity index (χ0) is 12.8. The number of nitro benzene ring substituents is 1. The van der Waals surface area contributed by atoms with Crippen molar-refractivity contribution in [2.45, 2.75) is 20.3 Å². The fourth-order valence-electron chi connectivity index (χ4n) is 1.27. The fraction of sp³-hybridized carbons (Fsp3) is 0.364. The van der Waals surface area contributed by atoms with E-state index in [0.29, 0.717) is 12.4 Å². The van der Waals surface area contributed by atoms with E-state index in [1.54, 1.807) is 0 Å². The number of benzene rings is 1. The van der Waals surface area contributed by atoms with Crippen LogP contribution >= 0.6 is 0 Å². The van der Waals surface area contributed by atoms with Gasteiger partial charge in [-0.1, -0.05) is 6.92 Å². The zero-order valence-corrected chi connectivity index (χ0v) is 9.73. The van der Waals surface area contributed by atoms with Crippen molar-refractivity contribution < 1.29 is 14.5 Å². The maximum absolute atomic E-state index is 10.9.